The Morgan fingerprint density at radius 3 is 2.17 bits per heavy atom. The summed E-state index contributed by atoms with van der Waals surface area (Å²) >= 11 is 1.59. The van der Waals surface area contributed by atoms with Crippen molar-refractivity contribution in [3.8, 4) is 5.75 Å². The summed E-state index contributed by atoms with van der Waals surface area (Å²) in [4.78, 5) is 28.7. The Morgan fingerprint density at radius 2 is 1.68 bits per heavy atom. The lowest BCUT2D eigenvalue weighted by Crippen LogP contribution is -2.47. The van der Waals surface area contributed by atoms with Gasteiger partial charge in [-0.3, -0.25) is 9.59 Å². The molecule has 0 saturated carbocycles. The highest BCUT2D eigenvalue weighted by atomic mass is 32.1. The number of Topliss-reactive ketones (excluding diaryl/α,β-unsaturated/α-hetero) is 1. The zero-order valence-corrected chi connectivity index (χ0v) is 27.8. The third kappa shape index (κ3) is 5.79. The number of carbonyl (C=O) groups excluding carboxylic acids is 2. The Labute approximate surface area is 251 Å². The summed E-state index contributed by atoms with van der Waals surface area (Å²) in [6, 6.07) is 8.51. The Balaban J connectivity index is 1.96. The van der Waals surface area contributed by atoms with E-state index in [2.05, 4.69) is 45.9 Å². The average Bonchev–Trinajstić information content (AvgIpc) is 3.33. The van der Waals surface area contributed by atoms with Crippen LogP contribution in [0.4, 0.5) is 0 Å². The van der Waals surface area contributed by atoms with Gasteiger partial charge < -0.3 is 14.6 Å². The number of esters is 1. The normalized spacial score (nSPS) is 19.0. The summed E-state index contributed by atoms with van der Waals surface area (Å²) in [7, 11) is 1.43. The number of hydrogen-bond donors (Lipinski definition) is 1. The Morgan fingerprint density at radius 1 is 1.05 bits per heavy atom. The SMILES string of the molecule is CCC(C)C1(C(=O)OC)CC(C(=O)c2sc(C(CC)(CC)c3ccc(OCC(O)C(C)(C)C)c(C)c3)cc2C)=C1C. The number of aryl methyl sites for hydroxylation is 2. The number of hydrogen-bond acceptors (Lipinski definition) is 6. The quantitative estimate of drug-likeness (QED) is 0.201. The zero-order valence-electron chi connectivity index (χ0n) is 27.0. The van der Waals surface area contributed by atoms with Gasteiger partial charge in [-0.15, -0.1) is 11.3 Å². The largest absolute Gasteiger partial charge is 0.491 e. The van der Waals surface area contributed by atoms with Crippen molar-refractivity contribution in [2.45, 2.75) is 106 Å². The summed E-state index contributed by atoms with van der Waals surface area (Å²) in [6.45, 7) is 20.8. The van der Waals surface area contributed by atoms with Crippen LogP contribution in [0.25, 0.3) is 0 Å². The van der Waals surface area contributed by atoms with E-state index in [9.17, 15) is 14.7 Å². The minimum Gasteiger partial charge on any atom is -0.491 e. The molecule has 3 atom stereocenters. The number of carbonyl (C=O) groups is 2. The molecule has 2 aromatic rings. The van der Waals surface area contributed by atoms with E-state index < -0.39 is 11.5 Å². The molecule has 0 amide bonds. The van der Waals surface area contributed by atoms with Crippen LogP contribution >= 0.6 is 11.3 Å². The van der Waals surface area contributed by atoms with Crippen LogP contribution in [-0.2, 0) is 14.9 Å². The van der Waals surface area contributed by atoms with Gasteiger partial charge in [0.25, 0.3) is 0 Å². The van der Waals surface area contributed by atoms with Gasteiger partial charge >= 0.3 is 5.97 Å². The fourth-order valence-corrected chi connectivity index (χ4v) is 7.71. The maximum absolute atomic E-state index is 13.9. The van der Waals surface area contributed by atoms with E-state index >= 15 is 0 Å². The van der Waals surface area contributed by atoms with Crippen LogP contribution in [0.3, 0.4) is 0 Å². The first-order chi connectivity index (χ1) is 19.1. The van der Waals surface area contributed by atoms with E-state index in [0.717, 1.165) is 52.2 Å². The number of methoxy groups -OCH3 is 1. The van der Waals surface area contributed by atoms with Crippen LogP contribution in [0, 0.1) is 30.6 Å². The smallest absolute Gasteiger partial charge is 0.316 e. The number of allylic oxidation sites excluding steroid dienone is 1. The number of aliphatic hydroxyl groups is 1. The molecule has 3 unspecified atom stereocenters. The summed E-state index contributed by atoms with van der Waals surface area (Å²) in [5, 5.41) is 10.4. The molecule has 0 saturated heterocycles. The van der Waals surface area contributed by atoms with Crippen molar-refractivity contribution in [3.05, 3.63) is 61.9 Å². The molecule has 5 nitrogen and oxygen atoms in total. The number of rotatable bonds is 12. The van der Waals surface area contributed by atoms with Crippen molar-refractivity contribution in [1.82, 2.24) is 0 Å². The minimum absolute atomic E-state index is 0.0394. The molecule has 1 aliphatic rings. The molecule has 0 aliphatic heterocycles. The van der Waals surface area contributed by atoms with Crippen LogP contribution in [0.2, 0.25) is 0 Å². The lowest BCUT2D eigenvalue weighted by atomic mass is 9.56. The summed E-state index contributed by atoms with van der Waals surface area (Å²) in [5.74, 6) is 0.680. The molecule has 0 radical (unpaired) electrons. The van der Waals surface area contributed by atoms with Crippen molar-refractivity contribution >= 4 is 23.1 Å². The number of ketones is 1. The second-order valence-corrected chi connectivity index (χ2v) is 14.0. The van der Waals surface area contributed by atoms with Gasteiger partial charge in [-0.05, 0) is 85.8 Å². The summed E-state index contributed by atoms with van der Waals surface area (Å²) in [5.41, 5.74) is 3.62. The molecule has 0 spiro atoms. The van der Waals surface area contributed by atoms with E-state index in [0.29, 0.717) is 6.42 Å². The predicted molar refractivity (Wildman–Crippen MR) is 168 cm³/mol. The minimum atomic E-state index is -0.705. The molecule has 0 bridgehead atoms. The lowest BCUT2D eigenvalue weighted by molar-refractivity contribution is -0.154. The van der Waals surface area contributed by atoms with Crippen molar-refractivity contribution in [2.24, 2.45) is 16.7 Å². The lowest BCUT2D eigenvalue weighted by Gasteiger charge is -2.45. The summed E-state index contributed by atoms with van der Waals surface area (Å²) in [6.07, 6.45) is 2.49. The van der Waals surface area contributed by atoms with Crippen LogP contribution in [0.5, 0.6) is 5.75 Å². The highest BCUT2D eigenvalue weighted by Crippen LogP contribution is 2.55. The molecule has 1 aliphatic carbocycles. The van der Waals surface area contributed by atoms with Gasteiger partial charge in [-0.1, -0.05) is 67.0 Å². The molecule has 1 N–H and O–H groups in total. The molecule has 6 heteroatoms. The molecule has 41 heavy (non-hydrogen) atoms. The molecule has 226 valence electrons. The van der Waals surface area contributed by atoms with E-state index in [4.69, 9.17) is 9.47 Å². The maximum atomic E-state index is 13.9. The van der Waals surface area contributed by atoms with Gasteiger partial charge in [0, 0.05) is 15.9 Å². The number of ether oxygens (including phenoxy) is 2. The van der Waals surface area contributed by atoms with E-state index in [1.807, 2.05) is 47.6 Å². The van der Waals surface area contributed by atoms with E-state index in [1.165, 1.54) is 17.6 Å². The third-order valence-electron chi connectivity index (χ3n) is 9.78. The number of aliphatic hydroxyl groups excluding tert-OH is 1. The molecular weight excluding hydrogens is 532 g/mol. The van der Waals surface area contributed by atoms with Crippen LogP contribution in [-0.4, -0.2) is 36.7 Å². The summed E-state index contributed by atoms with van der Waals surface area (Å²) < 4.78 is 11.2. The molecule has 1 aromatic carbocycles. The standard InChI is InChI=1S/C35H50O5S/c1-12-23(6)35(32(38)39-11)19-26(24(35)7)30(37)31-22(5)18-29(41-31)34(13-2,14-3)25-15-16-27(21(4)17-25)40-20-28(36)33(8,9)10/h15-18,23,28,36H,12-14,19-20H2,1-11H3. The molecular formula is C35H50O5S. The zero-order chi connectivity index (χ0) is 30.9. The first-order valence-electron chi connectivity index (χ1n) is 15.0. The van der Waals surface area contributed by atoms with Crippen LogP contribution < -0.4 is 4.74 Å². The van der Waals surface area contributed by atoms with Gasteiger partial charge in [-0.25, -0.2) is 0 Å². The highest BCUT2D eigenvalue weighted by molar-refractivity contribution is 7.14. The Hall–Kier alpha value is -2.44. The second kappa shape index (κ2) is 12.4. The maximum Gasteiger partial charge on any atom is 0.316 e. The topological polar surface area (TPSA) is 72.8 Å². The van der Waals surface area contributed by atoms with Crippen molar-refractivity contribution < 1.29 is 24.2 Å². The van der Waals surface area contributed by atoms with Crippen LogP contribution in [0.1, 0.15) is 112 Å². The van der Waals surface area contributed by atoms with Crippen LogP contribution in [0.15, 0.2) is 35.4 Å². The van der Waals surface area contributed by atoms with Gasteiger partial charge in [0.15, 0.2) is 5.78 Å². The van der Waals surface area contributed by atoms with Crippen molar-refractivity contribution in [3.63, 3.8) is 0 Å². The molecule has 1 aromatic heterocycles. The average molecular weight is 583 g/mol. The molecule has 1 heterocycles. The predicted octanol–water partition coefficient (Wildman–Crippen LogP) is 8.37. The Kier molecular flexibility index (Phi) is 10.0. The Bertz CT molecular complexity index is 1310. The second-order valence-electron chi connectivity index (χ2n) is 13.0. The van der Waals surface area contributed by atoms with E-state index in [1.54, 1.807) is 11.3 Å². The first-order valence-corrected chi connectivity index (χ1v) is 15.8. The highest BCUT2D eigenvalue weighted by Gasteiger charge is 2.54. The first kappa shape index (κ1) is 33.1. The van der Waals surface area contributed by atoms with Gasteiger partial charge in [0.2, 0.25) is 0 Å². The van der Waals surface area contributed by atoms with Gasteiger partial charge in [0.1, 0.15) is 12.4 Å². The van der Waals surface area contributed by atoms with Gasteiger partial charge in [-0.2, -0.15) is 0 Å². The van der Waals surface area contributed by atoms with Crippen molar-refractivity contribution in [1.29, 1.82) is 0 Å². The molecule has 3 rings (SSSR count). The number of benzene rings is 1. The van der Waals surface area contributed by atoms with E-state index in [-0.39, 0.29) is 35.1 Å². The fourth-order valence-electron chi connectivity index (χ4n) is 6.22. The number of thiophene rings is 1. The third-order valence-corrected chi connectivity index (χ3v) is 11.2. The monoisotopic (exact) mass is 582 g/mol. The fraction of sp³-hybridized carbons (Fsp3) is 0.600. The van der Waals surface area contributed by atoms with Gasteiger partial charge in [0.05, 0.1) is 23.5 Å². The molecule has 0 fully saturated rings. The van der Waals surface area contributed by atoms with Crippen molar-refractivity contribution in [2.75, 3.05) is 13.7 Å².